The Balaban J connectivity index is 2.15. The average Bonchev–Trinajstić information content (AvgIpc) is 2.93. The van der Waals surface area contributed by atoms with Gasteiger partial charge in [0.15, 0.2) is 9.84 Å². The van der Waals surface area contributed by atoms with Crippen LogP contribution in [-0.2, 0) is 26.0 Å². The van der Waals surface area contributed by atoms with Gasteiger partial charge in [0.25, 0.3) is 0 Å². The maximum Gasteiger partial charge on any atom is 0.312 e. The second-order valence-electron chi connectivity index (χ2n) is 6.66. The number of amides is 2. The number of likely N-dealkylation sites (N-methyl/N-ethyl adjacent to an activating group) is 1. The Morgan fingerprint density at radius 3 is 2.28 bits per heavy atom. The number of benzene rings is 1. The quantitative estimate of drug-likeness (QED) is 0.740. The molecule has 0 spiro atoms. The number of carbonyl (C=O) groups excluding carboxylic acids is 2. The van der Waals surface area contributed by atoms with Gasteiger partial charge in [-0.2, -0.15) is 0 Å². The van der Waals surface area contributed by atoms with Crippen LogP contribution in [0.2, 0.25) is 0 Å². The van der Waals surface area contributed by atoms with E-state index in [1.165, 1.54) is 9.80 Å². The first-order valence-electron chi connectivity index (χ1n) is 8.61. The van der Waals surface area contributed by atoms with Crippen LogP contribution >= 0.6 is 0 Å². The van der Waals surface area contributed by atoms with E-state index in [0.717, 1.165) is 5.56 Å². The fourth-order valence-corrected chi connectivity index (χ4v) is 4.83. The Hall–Kier alpha value is -1.89. The molecular formula is C18H26N2O4S. The third-order valence-corrected chi connectivity index (χ3v) is 6.26. The van der Waals surface area contributed by atoms with Crippen molar-refractivity contribution in [2.75, 3.05) is 18.1 Å². The first-order chi connectivity index (χ1) is 11.7. The fraction of sp³-hybridized carbons (Fsp3) is 0.556. The van der Waals surface area contributed by atoms with Gasteiger partial charge in [-0.15, -0.1) is 0 Å². The highest BCUT2D eigenvalue weighted by Gasteiger charge is 2.37. The third-order valence-electron chi connectivity index (χ3n) is 4.51. The van der Waals surface area contributed by atoms with E-state index in [0.29, 0.717) is 19.5 Å². The first-order valence-corrected chi connectivity index (χ1v) is 10.4. The van der Waals surface area contributed by atoms with E-state index in [2.05, 4.69) is 0 Å². The Labute approximate surface area is 149 Å². The van der Waals surface area contributed by atoms with Gasteiger partial charge in [0, 0.05) is 25.2 Å². The summed E-state index contributed by atoms with van der Waals surface area (Å²) in [5, 5.41) is 0. The lowest BCUT2D eigenvalue weighted by atomic mass is 10.1. The molecule has 1 aromatic rings. The van der Waals surface area contributed by atoms with Gasteiger partial charge in [-0.25, -0.2) is 8.42 Å². The lowest BCUT2D eigenvalue weighted by Crippen LogP contribution is -2.51. The molecule has 1 saturated heterocycles. The van der Waals surface area contributed by atoms with Crippen molar-refractivity contribution in [3.05, 3.63) is 35.9 Å². The largest absolute Gasteiger partial charge is 0.331 e. The van der Waals surface area contributed by atoms with E-state index in [9.17, 15) is 18.0 Å². The van der Waals surface area contributed by atoms with Crippen LogP contribution < -0.4 is 0 Å². The smallest absolute Gasteiger partial charge is 0.312 e. The minimum atomic E-state index is -3.11. The molecule has 1 atom stereocenters. The van der Waals surface area contributed by atoms with Crippen molar-refractivity contribution in [3.8, 4) is 0 Å². The molecular weight excluding hydrogens is 340 g/mol. The van der Waals surface area contributed by atoms with Crippen molar-refractivity contribution in [1.82, 2.24) is 9.80 Å². The van der Waals surface area contributed by atoms with E-state index < -0.39 is 27.7 Å². The number of hydrogen-bond acceptors (Lipinski definition) is 4. The maximum atomic E-state index is 12.8. The molecule has 2 rings (SSSR count). The average molecular weight is 366 g/mol. The molecule has 0 aliphatic carbocycles. The van der Waals surface area contributed by atoms with Gasteiger partial charge in [0.1, 0.15) is 0 Å². The summed E-state index contributed by atoms with van der Waals surface area (Å²) in [4.78, 5) is 28.5. The summed E-state index contributed by atoms with van der Waals surface area (Å²) in [6, 6.07) is 8.96. The molecule has 1 unspecified atom stereocenters. The predicted molar refractivity (Wildman–Crippen MR) is 96.6 cm³/mol. The highest BCUT2D eigenvalue weighted by Crippen LogP contribution is 2.19. The monoisotopic (exact) mass is 366 g/mol. The lowest BCUT2D eigenvalue weighted by Gasteiger charge is -2.31. The molecule has 6 nitrogen and oxygen atoms in total. The van der Waals surface area contributed by atoms with Crippen LogP contribution in [0, 0.1) is 0 Å². The minimum Gasteiger partial charge on any atom is -0.331 e. The summed E-state index contributed by atoms with van der Waals surface area (Å²) in [5.74, 6) is -1.17. The third kappa shape index (κ3) is 4.81. The fourth-order valence-electron chi connectivity index (χ4n) is 3.10. The molecule has 1 aliphatic rings. The van der Waals surface area contributed by atoms with E-state index in [-0.39, 0.29) is 17.5 Å². The van der Waals surface area contributed by atoms with Crippen LogP contribution in [0.15, 0.2) is 30.3 Å². The SMILES string of the molecule is CCN(C(=O)C(=O)N(Cc1ccccc1)C(C)C)C1CCS(=O)(=O)C1. The molecule has 1 aliphatic heterocycles. The van der Waals surface area contributed by atoms with Crippen LogP contribution in [0.25, 0.3) is 0 Å². The van der Waals surface area contributed by atoms with Crippen LogP contribution in [0.3, 0.4) is 0 Å². The molecule has 138 valence electrons. The molecule has 1 fully saturated rings. The molecule has 0 saturated carbocycles. The van der Waals surface area contributed by atoms with Gasteiger partial charge in [0.05, 0.1) is 11.5 Å². The molecule has 0 aromatic heterocycles. The Morgan fingerprint density at radius 2 is 1.80 bits per heavy atom. The van der Waals surface area contributed by atoms with E-state index in [1.54, 1.807) is 6.92 Å². The zero-order chi connectivity index (χ0) is 18.6. The van der Waals surface area contributed by atoms with Crippen molar-refractivity contribution >= 4 is 21.7 Å². The predicted octanol–water partition coefficient (Wildman–Crippen LogP) is 1.46. The van der Waals surface area contributed by atoms with E-state index in [1.807, 2.05) is 44.2 Å². The second-order valence-corrected chi connectivity index (χ2v) is 8.89. The van der Waals surface area contributed by atoms with Crippen molar-refractivity contribution in [2.45, 2.75) is 45.8 Å². The maximum absolute atomic E-state index is 12.8. The molecule has 7 heteroatoms. The first kappa shape index (κ1) is 19.4. The van der Waals surface area contributed by atoms with Crippen LogP contribution in [0.4, 0.5) is 0 Å². The Bertz CT molecular complexity index is 716. The molecule has 1 aromatic carbocycles. The minimum absolute atomic E-state index is 0.0553. The number of sulfone groups is 1. The highest BCUT2D eigenvalue weighted by molar-refractivity contribution is 7.91. The Morgan fingerprint density at radius 1 is 1.16 bits per heavy atom. The summed E-state index contributed by atoms with van der Waals surface area (Å²) in [6.07, 6.45) is 0.398. The van der Waals surface area contributed by atoms with E-state index in [4.69, 9.17) is 0 Å². The molecule has 0 radical (unpaired) electrons. The van der Waals surface area contributed by atoms with Crippen molar-refractivity contribution < 1.29 is 18.0 Å². The van der Waals surface area contributed by atoms with Crippen LogP contribution in [0.5, 0.6) is 0 Å². The topological polar surface area (TPSA) is 74.8 Å². The van der Waals surface area contributed by atoms with Crippen molar-refractivity contribution in [3.63, 3.8) is 0 Å². The van der Waals surface area contributed by atoms with Gasteiger partial charge < -0.3 is 9.80 Å². The summed E-state index contributed by atoms with van der Waals surface area (Å²) in [5.41, 5.74) is 0.948. The van der Waals surface area contributed by atoms with E-state index >= 15 is 0 Å². The van der Waals surface area contributed by atoms with Gasteiger partial charge in [-0.1, -0.05) is 30.3 Å². The molecule has 2 amide bonds. The number of hydrogen-bond donors (Lipinski definition) is 0. The Kier molecular flexibility index (Phi) is 6.21. The molecule has 25 heavy (non-hydrogen) atoms. The van der Waals surface area contributed by atoms with Gasteiger partial charge >= 0.3 is 11.8 Å². The molecule has 0 bridgehead atoms. The number of rotatable bonds is 5. The molecule has 0 N–H and O–H groups in total. The van der Waals surface area contributed by atoms with Gasteiger partial charge in [-0.3, -0.25) is 9.59 Å². The van der Waals surface area contributed by atoms with Crippen LogP contribution in [-0.4, -0.2) is 60.2 Å². The summed E-state index contributed by atoms with van der Waals surface area (Å²) in [6.45, 7) is 6.17. The highest BCUT2D eigenvalue weighted by atomic mass is 32.2. The second kappa shape index (κ2) is 7.99. The standard InChI is InChI=1S/C18H26N2O4S/c1-4-19(16-10-11-25(23,24)13-16)17(21)18(22)20(14(2)3)12-15-8-6-5-7-9-15/h5-9,14,16H,4,10-13H2,1-3H3. The number of carbonyl (C=O) groups is 2. The van der Waals surface area contributed by atoms with Gasteiger partial charge in [-0.05, 0) is 32.8 Å². The van der Waals surface area contributed by atoms with Crippen molar-refractivity contribution in [1.29, 1.82) is 0 Å². The normalized spacial score (nSPS) is 19.0. The van der Waals surface area contributed by atoms with Gasteiger partial charge in [0.2, 0.25) is 0 Å². The van der Waals surface area contributed by atoms with Crippen LogP contribution in [0.1, 0.15) is 32.8 Å². The zero-order valence-corrected chi connectivity index (χ0v) is 15.8. The lowest BCUT2D eigenvalue weighted by molar-refractivity contribution is -0.154. The summed E-state index contributed by atoms with van der Waals surface area (Å²) >= 11 is 0. The zero-order valence-electron chi connectivity index (χ0n) is 15.0. The molecule has 1 heterocycles. The summed E-state index contributed by atoms with van der Waals surface area (Å²) in [7, 11) is -3.11. The summed E-state index contributed by atoms with van der Waals surface area (Å²) < 4.78 is 23.4. The van der Waals surface area contributed by atoms with Crippen molar-refractivity contribution in [2.24, 2.45) is 0 Å². The number of nitrogens with zero attached hydrogens (tertiary/aromatic N) is 2.